The van der Waals surface area contributed by atoms with Crippen molar-refractivity contribution >= 4 is 38.5 Å². The topological polar surface area (TPSA) is 89.0 Å². The summed E-state index contributed by atoms with van der Waals surface area (Å²) < 4.78 is 46.0. The molecular formula is C25H22F3N5O2S. The molecule has 0 radical (unpaired) electrons. The maximum absolute atomic E-state index is 13.0. The number of alkyl halides is 3. The second-order valence-corrected chi connectivity index (χ2v) is 9.70. The molecule has 1 saturated carbocycles. The second kappa shape index (κ2) is 9.38. The molecule has 2 aromatic carbocycles. The van der Waals surface area contributed by atoms with Gasteiger partial charge in [0.2, 0.25) is 17.7 Å². The van der Waals surface area contributed by atoms with Gasteiger partial charge in [-0.2, -0.15) is 18.2 Å². The van der Waals surface area contributed by atoms with Gasteiger partial charge in [0.1, 0.15) is 5.52 Å². The summed E-state index contributed by atoms with van der Waals surface area (Å²) >= 11 is 1.32. The number of para-hydroxylation sites is 1. The molecule has 7 nitrogen and oxygen atoms in total. The highest BCUT2D eigenvalue weighted by Gasteiger charge is 2.30. The molecule has 5 rings (SSSR count). The van der Waals surface area contributed by atoms with Crippen molar-refractivity contribution in [2.45, 2.75) is 38.9 Å². The summed E-state index contributed by atoms with van der Waals surface area (Å²) in [6, 6.07) is 11.9. The van der Waals surface area contributed by atoms with Gasteiger partial charge in [-0.05, 0) is 49.9 Å². The molecule has 186 valence electrons. The maximum atomic E-state index is 13.0. The molecule has 1 amide bonds. The maximum Gasteiger partial charge on any atom is 0.416 e. The molecule has 1 aliphatic rings. The lowest BCUT2D eigenvalue weighted by atomic mass is 10.1. The van der Waals surface area contributed by atoms with Crippen LogP contribution in [0.4, 0.5) is 24.3 Å². The zero-order valence-electron chi connectivity index (χ0n) is 19.4. The molecule has 2 aromatic heterocycles. The number of anilines is 2. The third kappa shape index (κ3) is 5.40. The number of thiazole rings is 1. The van der Waals surface area contributed by atoms with Crippen LogP contribution in [0.3, 0.4) is 0 Å². The van der Waals surface area contributed by atoms with Crippen molar-refractivity contribution in [3.8, 4) is 22.9 Å². The first-order valence-corrected chi connectivity index (χ1v) is 12.2. The number of fused-ring (bicyclic) bond motifs is 1. The third-order valence-electron chi connectivity index (χ3n) is 5.78. The van der Waals surface area contributed by atoms with Crippen molar-refractivity contribution in [3.63, 3.8) is 0 Å². The Morgan fingerprint density at radius 3 is 2.53 bits per heavy atom. The summed E-state index contributed by atoms with van der Waals surface area (Å²) in [5.41, 5.74) is 0.741. The van der Waals surface area contributed by atoms with Crippen LogP contribution in [0, 0.1) is 5.92 Å². The molecule has 2 N–H and O–H groups in total. The van der Waals surface area contributed by atoms with E-state index in [1.54, 1.807) is 18.2 Å². The van der Waals surface area contributed by atoms with Crippen LogP contribution in [-0.2, 0) is 11.0 Å². The Hall–Kier alpha value is -3.73. The highest BCUT2D eigenvalue weighted by Crippen LogP contribution is 2.37. The first kappa shape index (κ1) is 24.0. The minimum absolute atomic E-state index is 0.142. The van der Waals surface area contributed by atoms with E-state index in [9.17, 15) is 18.0 Å². The molecule has 0 bridgehead atoms. The normalized spacial score (nSPS) is 14.5. The smallest absolute Gasteiger partial charge is 0.416 e. The molecule has 1 aliphatic carbocycles. The average molecular weight is 514 g/mol. The van der Waals surface area contributed by atoms with Gasteiger partial charge in [0.25, 0.3) is 0 Å². The summed E-state index contributed by atoms with van der Waals surface area (Å²) in [7, 11) is 0. The largest absolute Gasteiger partial charge is 0.437 e. The van der Waals surface area contributed by atoms with Gasteiger partial charge in [-0.3, -0.25) is 4.79 Å². The Bertz CT molecular complexity index is 1420. The Balaban J connectivity index is 1.50. The number of halogens is 3. The number of aromatic nitrogens is 3. The highest BCUT2D eigenvalue weighted by molar-refractivity contribution is 7.22. The summed E-state index contributed by atoms with van der Waals surface area (Å²) in [6.07, 6.45) is -2.18. The first-order chi connectivity index (χ1) is 17.2. The number of nitrogens with zero attached hydrogens (tertiary/aromatic N) is 3. The molecule has 36 heavy (non-hydrogen) atoms. The van der Waals surface area contributed by atoms with Crippen LogP contribution in [0.1, 0.15) is 32.3 Å². The van der Waals surface area contributed by atoms with Crippen LogP contribution in [0.5, 0.6) is 11.6 Å². The number of amides is 1. The zero-order chi connectivity index (χ0) is 25.4. The minimum Gasteiger partial charge on any atom is -0.437 e. The lowest BCUT2D eigenvalue weighted by molar-refractivity contribution is -0.137. The van der Waals surface area contributed by atoms with Crippen molar-refractivity contribution in [2.24, 2.45) is 5.92 Å². The van der Waals surface area contributed by atoms with E-state index in [4.69, 9.17) is 4.74 Å². The Kier molecular flexibility index (Phi) is 6.25. The summed E-state index contributed by atoms with van der Waals surface area (Å²) in [6.45, 7) is 3.45. The molecular weight excluding hydrogens is 491 g/mol. The van der Waals surface area contributed by atoms with Crippen molar-refractivity contribution < 1.29 is 22.7 Å². The lowest BCUT2D eigenvalue weighted by Gasteiger charge is -2.15. The van der Waals surface area contributed by atoms with Crippen LogP contribution >= 0.6 is 11.3 Å². The van der Waals surface area contributed by atoms with Crippen LogP contribution < -0.4 is 15.4 Å². The molecule has 11 heteroatoms. The Morgan fingerprint density at radius 1 is 1.11 bits per heavy atom. The number of benzene rings is 2. The van der Waals surface area contributed by atoms with E-state index in [1.165, 1.54) is 30.4 Å². The first-order valence-electron chi connectivity index (χ1n) is 11.3. The van der Waals surface area contributed by atoms with Crippen molar-refractivity contribution in [2.75, 3.05) is 10.6 Å². The van der Waals surface area contributed by atoms with Gasteiger partial charge >= 0.3 is 6.18 Å². The standard InChI is InChI=1S/C25H22F3N5O2S/c1-13(15-6-7-15)29-23-31-18(16-8-10-17(11-9-16)25(26,27)28)12-21(32-23)35-19-4-3-5-20-22(19)33-24(36-20)30-14(2)34/h3-5,8-13,15H,6-7H2,1-2H3,(H,29,31,32)(H,30,33,34). The van der Waals surface area contributed by atoms with Crippen molar-refractivity contribution in [1.82, 2.24) is 15.0 Å². The van der Waals surface area contributed by atoms with E-state index < -0.39 is 11.7 Å². The van der Waals surface area contributed by atoms with Gasteiger partial charge in [0.15, 0.2) is 10.9 Å². The summed E-state index contributed by atoms with van der Waals surface area (Å²) in [5.74, 6) is 1.27. The fourth-order valence-electron chi connectivity index (χ4n) is 3.76. The van der Waals surface area contributed by atoms with E-state index in [1.807, 2.05) is 13.0 Å². The van der Waals surface area contributed by atoms with E-state index in [0.717, 1.165) is 29.7 Å². The second-order valence-electron chi connectivity index (χ2n) is 8.67. The predicted octanol–water partition coefficient (Wildman–Crippen LogP) is 6.73. The fourth-order valence-corrected chi connectivity index (χ4v) is 4.69. The number of rotatable bonds is 7. The molecule has 4 aromatic rings. The number of carbonyl (C=O) groups is 1. The van der Waals surface area contributed by atoms with Crippen molar-refractivity contribution in [3.05, 3.63) is 54.1 Å². The van der Waals surface area contributed by atoms with Crippen LogP contribution in [0.2, 0.25) is 0 Å². The van der Waals surface area contributed by atoms with E-state index in [0.29, 0.717) is 39.5 Å². The molecule has 2 heterocycles. The van der Waals surface area contributed by atoms with Gasteiger partial charge in [-0.1, -0.05) is 29.5 Å². The molecule has 1 atom stereocenters. The Labute approximate surface area is 208 Å². The number of ether oxygens (including phenoxy) is 1. The molecule has 0 spiro atoms. The summed E-state index contributed by atoms with van der Waals surface area (Å²) in [4.78, 5) is 24.9. The molecule has 0 aliphatic heterocycles. The third-order valence-corrected chi connectivity index (χ3v) is 6.71. The Morgan fingerprint density at radius 2 is 1.86 bits per heavy atom. The molecule has 1 unspecified atom stereocenters. The quantitative estimate of drug-likeness (QED) is 0.285. The monoisotopic (exact) mass is 513 g/mol. The summed E-state index contributed by atoms with van der Waals surface area (Å²) in [5, 5.41) is 6.42. The number of nitrogens with one attached hydrogen (secondary N) is 2. The van der Waals surface area contributed by atoms with E-state index in [2.05, 4.69) is 25.6 Å². The SMILES string of the molecule is CC(=O)Nc1nc2c(Oc3cc(-c4ccc(C(F)(F)F)cc4)nc(NC(C)C4CC4)n3)cccc2s1. The van der Waals surface area contributed by atoms with Crippen LogP contribution in [-0.4, -0.2) is 26.9 Å². The van der Waals surface area contributed by atoms with Gasteiger partial charge in [0.05, 0.1) is 16.0 Å². The van der Waals surface area contributed by atoms with E-state index in [-0.39, 0.29) is 17.8 Å². The van der Waals surface area contributed by atoms with Crippen LogP contribution in [0.15, 0.2) is 48.5 Å². The zero-order valence-corrected chi connectivity index (χ0v) is 20.2. The van der Waals surface area contributed by atoms with Gasteiger partial charge in [-0.15, -0.1) is 0 Å². The van der Waals surface area contributed by atoms with Gasteiger partial charge < -0.3 is 15.4 Å². The predicted molar refractivity (Wildman–Crippen MR) is 132 cm³/mol. The lowest BCUT2D eigenvalue weighted by Crippen LogP contribution is -2.19. The number of hydrogen-bond donors (Lipinski definition) is 2. The highest BCUT2D eigenvalue weighted by atomic mass is 32.1. The van der Waals surface area contributed by atoms with Crippen LogP contribution in [0.25, 0.3) is 21.5 Å². The van der Waals surface area contributed by atoms with Gasteiger partial charge in [-0.25, -0.2) is 9.97 Å². The molecule has 0 saturated heterocycles. The minimum atomic E-state index is -4.42. The van der Waals surface area contributed by atoms with Crippen molar-refractivity contribution in [1.29, 1.82) is 0 Å². The number of hydrogen-bond acceptors (Lipinski definition) is 7. The average Bonchev–Trinajstić information content (AvgIpc) is 3.59. The fraction of sp³-hybridized carbons (Fsp3) is 0.280. The van der Waals surface area contributed by atoms with Gasteiger partial charge in [0, 0.05) is 24.6 Å². The van der Waals surface area contributed by atoms with E-state index >= 15 is 0 Å². The number of carbonyl (C=O) groups excluding carboxylic acids is 1. The molecule has 1 fully saturated rings.